The maximum atomic E-state index is 12.9. The van der Waals surface area contributed by atoms with Gasteiger partial charge >= 0.3 is 12.1 Å². The molecule has 0 atom stereocenters. The smallest absolute Gasteiger partial charge is 0.416 e. The van der Waals surface area contributed by atoms with E-state index in [1.807, 2.05) is 24.3 Å². The number of fused-ring (bicyclic) bond motifs is 2. The van der Waals surface area contributed by atoms with E-state index >= 15 is 0 Å². The van der Waals surface area contributed by atoms with Gasteiger partial charge in [0.1, 0.15) is 0 Å². The van der Waals surface area contributed by atoms with Gasteiger partial charge in [-0.05, 0) is 51.7 Å². The first kappa shape index (κ1) is 15.3. The van der Waals surface area contributed by atoms with E-state index in [4.69, 9.17) is 5.11 Å². The standard InChI is InChI=1S/C18H13F3O2/c19-18(20,21)13-5-6-15-12(10-13)9-11-3-1-2-4-14(11)16(15)7-8-17(22)23/h1-6,9-10H,7-8H2,(H,22,23). The predicted molar refractivity (Wildman–Crippen MR) is 82.4 cm³/mol. The molecule has 0 radical (unpaired) electrons. The quantitative estimate of drug-likeness (QED) is 0.688. The molecule has 0 fully saturated rings. The molecule has 0 saturated carbocycles. The van der Waals surface area contributed by atoms with Gasteiger partial charge in [0.05, 0.1) is 5.56 Å². The average Bonchev–Trinajstić information content (AvgIpc) is 2.49. The van der Waals surface area contributed by atoms with Crippen molar-refractivity contribution < 1.29 is 23.1 Å². The molecule has 1 N–H and O–H groups in total. The van der Waals surface area contributed by atoms with Crippen molar-refractivity contribution in [3.05, 3.63) is 59.7 Å². The molecule has 118 valence electrons. The molecule has 0 amide bonds. The summed E-state index contributed by atoms with van der Waals surface area (Å²) < 4.78 is 38.7. The molecule has 0 spiro atoms. The minimum atomic E-state index is -4.40. The Balaban J connectivity index is 2.27. The number of benzene rings is 3. The molecule has 0 saturated heterocycles. The van der Waals surface area contributed by atoms with Gasteiger partial charge in [-0.25, -0.2) is 0 Å². The minimum Gasteiger partial charge on any atom is -0.481 e. The predicted octanol–water partition coefficient (Wildman–Crippen LogP) is 5.03. The Morgan fingerprint density at radius 1 is 0.957 bits per heavy atom. The zero-order valence-corrected chi connectivity index (χ0v) is 12.0. The number of halogens is 3. The Labute approximate surface area is 130 Å². The van der Waals surface area contributed by atoms with Crippen molar-refractivity contribution >= 4 is 27.5 Å². The lowest BCUT2D eigenvalue weighted by atomic mass is 9.93. The summed E-state index contributed by atoms with van der Waals surface area (Å²) >= 11 is 0. The van der Waals surface area contributed by atoms with E-state index in [0.29, 0.717) is 10.8 Å². The number of aliphatic carboxylic acids is 1. The molecule has 0 aliphatic carbocycles. The van der Waals surface area contributed by atoms with E-state index in [1.54, 1.807) is 6.07 Å². The van der Waals surface area contributed by atoms with Gasteiger partial charge in [-0.1, -0.05) is 30.3 Å². The van der Waals surface area contributed by atoms with Crippen molar-refractivity contribution in [2.24, 2.45) is 0 Å². The fourth-order valence-corrected chi connectivity index (χ4v) is 2.84. The van der Waals surface area contributed by atoms with Crippen molar-refractivity contribution in [1.82, 2.24) is 0 Å². The van der Waals surface area contributed by atoms with E-state index in [2.05, 4.69) is 0 Å². The first-order valence-corrected chi connectivity index (χ1v) is 7.09. The van der Waals surface area contributed by atoms with Crippen LogP contribution in [0.15, 0.2) is 48.5 Å². The number of alkyl halides is 3. The number of aryl methyl sites for hydroxylation is 1. The van der Waals surface area contributed by atoms with Crippen LogP contribution in [0, 0.1) is 0 Å². The van der Waals surface area contributed by atoms with Crippen molar-refractivity contribution in [1.29, 1.82) is 0 Å². The fraction of sp³-hybridized carbons (Fsp3) is 0.167. The van der Waals surface area contributed by atoms with E-state index < -0.39 is 17.7 Å². The lowest BCUT2D eigenvalue weighted by Crippen LogP contribution is -2.05. The van der Waals surface area contributed by atoms with E-state index in [0.717, 1.165) is 28.5 Å². The molecule has 2 nitrogen and oxygen atoms in total. The van der Waals surface area contributed by atoms with Gasteiger partial charge in [-0.3, -0.25) is 4.79 Å². The van der Waals surface area contributed by atoms with Gasteiger partial charge in [-0.15, -0.1) is 0 Å². The van der Waals surface area contributed by atoms with Crippen LogP contribution in [-0.4, -0.2) is 11.1 Å². The first-order chi connectivity index (χ1) is 10.9. The topological polar surface area (TPSA) is 37.3 Å². The molecule has 0 bridgehead atoms. The molecule has 23 heavy (non-hydrogen) atoms. The summed E-state index contributed by atoms with van der Waals surface area (Å²) in [5.41, 5.74) is 0.0682. The highest BCUT2D eigenvalue weighted by Crippen LogP contribution is 2.35. The van der Waals surface area contributed by atoms with E-state index in [9.17, 15) is 18.0 Å². The van der Waals surface area contributed by atoms with Crippen LogP contribution in [0.3, 0.4) is 0 Å². The third-order valence-corrected chi connectivity index (χ3v) is 3.89. The van der Waals surface area contributed by atoms with Gasteiger partial charge in [0.2, 0.25) is 0 Å². The second-order valence-corrected chi connectivity index (χ2v) is 5.40. The van der Waals surface area contributed by atoms with Crippen LogP contribution in [-0.2, 0) is 17.4 Å². The SMILES string of the molecule is O=C(O)CCc1c2ccccc2cc2cc(C(F)(F)F)ccc12. The Bertz CT molecular complexity index is 898. The van der Waals surface area contributed by atoms with Crippen molar-refractivity contribution in [3.8, 4) is 0 Å². The van der Waals surface area contributed by atoms with Gasteiger partial charge in [0, 0.05) is 6.42 Å². The summed E-state index contributed by atoms with van der Waals surface area (Å²) in [7, 11) is 0. The molecule has 0 aliphatic heterocycles. The number of carbonyl (C=O) groups is 1. The van der Waals surface area contributed by atoms with Crippen LogP contribution in [0.5, 0.6) is 0 Å². The van der Waals surface area contributed by atoms with E-state index in [1.165, 1.54) is 6.07 Å². The van der Waals surface area contributed by atoms with Gasteiger partial charge < -0.3 is 5.11 Å². The molecule has 0 aliphatic rings. The zero-order valence-electron chi connectivity index (χ0n) is 12.0. The average molecular weight is 318 g/mol. The highest BCUT2D eigenvalue weighted by Gasteiger charge is 2.30. The largest absolute Gasteiger partial charge is 0.481 e. The molecule has 0 unspecified atom stereocenters. The van der Waals surface area contributed by atoms with Crippen LogP contribution in [0.4, 0.5) is 13.2 Å². The fourth-order valence-electron chi connectivity index (χ4n) is 2.84. The highest BCUT2D eigenvalue weighted by molar-refractivity contribution is 6.02. The maximum absolute atomic E-state index is 12.9. The van der Waals surface area contributed by atoms with Crippen LogP contribution in [0.25, 0.3) is 21.5 Å². The zero-order chi connectivity index (χ0) is 16.6. The summed E-state index contributed by atoms with van der Waals surface area (Å²) in [5, 5.41) is 11.7. The molecule has 0 aromatic heterocycles. The van der Waals surface area contributed by atoms with Crippen LogP contribution in [0.1, 0.15) is 17.5 Å². The summed E-state index contributed by atoms with van der Waals surface area (Å²) in [5.74, 6) is -0.932. The Morgan fingerprint density at radius 2 is 1.65 bits per heavy atom. The van der Waals surface area contributed by atoms with Crippen molar-refractivity contribution in [2.45, 2.75) is 19.0 Å². The first-order valence-electron chi connectivity index (χ1n) is 7.09. The Kier molecular flexibility index (Phi) is 3.72. The van der Waals surface area contributed by atoms with Gasteiger partial charge in [-0.2, -0.15) is 13.2 Å². The van der Waals surface area contributed by atoms with Gasteiger partial charge in [0.15, 0.2) is 0 Å². The lowest BCUT2D eigenvalue weighted by Gasteiger charge is -2.13. The summed E-state index contributed by atoms with van der Waals surface area (Å²) in [6.07, 6.45) is -4.19. The number of rotatable bonds is 3. The normalized spacial score (nSPS) is 12.0. The Morgan fingerprint density at radius 3 is 2.35 bits per heavy atom. The molecule has 3 rings (SSSR count). The van der Waals surface area contributed by atoms with Crippen molar-refractivity contribution in [2.75, 3.05) is 0 Å². The second-order valence-electron chi connectivity index (χ2n) is 5.40. The monoisotopic (exact) mass is 318 g/mol. The Hall–Kier alpha value is -2.56. The highest BCUT2D eigenvalue weighted by atomic mass is 19.4. The van der Waals surface area contributed by atoms with Crippen LogP contribution < -0.4 is 0 Å². The minimum absolute atomic E-state index is 0.0653. The molecule has 0 heterocycles. The van der Waals surface area contributed by atoms with Crippen LogP contribution in [0.2, 0.25) is 0 Å². The molecular formula is C18H13F3O2. The molecule has 5 heteroatoms. The molecular weight excluding hydrogens is 305 g/mol. The number of carboxylic acids is 1. The number of carboxylic acid groups (broad SMARTS) is 1. The molecule has 3 aromatic carbocycles. The number of hydrogen-bond donors (Lipinski definition) is 1. The van der Waals surface area contributed by atoms with Crippen molar-refractivity contribution in [3.63, 3.8) is 0 Å². The molecule has 3 aromatic rings. The summed E-state index contributed by atoms with van der Waals surface area (Å²) in [6, 6.07) is 12.6. The third kappa shape index (κ3) is 2.99. The summed E-state index contributed by atoms with van der Waals surface area (Å²) in [4.78, 5) is 10.9. The van der Waals surface area contributed by atoms with Crippen LogP contribution >= 0.6 is 0 Å². The third-order valence-electron chi connectivity index (χ3n) is 3.89. The second kappa shape index (κ2) is 5.57. The van der Waals surface area contributed by atoms with E-state index in [-0.39, 0.29) is 12.8 Å². The lowest BCUT2D eigenvalue weighted by molar-refractivity contribution is -0.138. The number of hydrogen-bond acceptors (Lipinski definition) is 1. The van der Waals surface area contributed by atoms with Gasteiger partial charge in [0.25, 0.3) is 0 Å². The summed E-state index contributed by atoms with van der Waals surface area (Å²) in [6.45, 7) is 0. The maximum Gasteiger partial charge on any atom is 0.416 e.